The first-order valence-corrected chi connectivity index (χ1v) is 6.91. The van der Waals surface area contributed by atoms with Crippen LogP contribution in [0, 0.1) is 11.8 Å². The molecule has 0 bridgehead atoms. The van der Waals surface area contributed by atoms with Crippen molar-refractivity contribution in [1.29, 1.82) is 0 Å². The van der Waals surface area contributed by atoms with Crippen LogP contribution >= 0.6 is 15.9 Å². The summed E-state index contributed by atoms with van der Waals surface area (Å²) in [6.07, 6.45) is 3.00. The Balaban J connectivity index is 2.22. The molecule has 1 saturated heterocycles. The van der Waals surface area contributed by atoms with Crippen LogP contribution in [0.3, 0.4) is 0 Å². The molecule has 1 fully saturated rings. The Labute approximate surface area is 111 Å². The van der Waals surface area contributed by atoms with Gasteiger partial charge in [-0.1, -0.05) is 13.8 Å². The van der Waals surface area contributed by atoms with Crippen LogP contribution in [-0.4, -0.2) is 23.2 Å². The Morgan fingerprint density at radius 3 is 2.88 bits per heavy atom. The van der Waals surface area contributed by atoms with Crippen molar-refractivity contribution in [3.8, 4) is 0 Å². The van der Waals surface area contributed by atoms with E-state index in [1.165, 1.54) is 6.42 Å². The normalized spacial score (nSPS) is 25.1. The van der Waals surface area contributed by atoms with Gasteiger partial charge >= 0.3 is 0 Å². The van der Waals surface area contributed by atoms with Crippen LogP contribution in [0.1, 0.15) is 25.8 Å². The van der Waals surface area contributed by atoms with Gasteiger partial charge in [-0.2, -0.15) is 0 Å². The van der Waals surface area contributed by atoms with Gasteiger partial charge < -0.3 is 10.0 Å². The van der Waals surface area contributed by atoms with E-state index in [2.05, 4.69) is 39.7 Å². The fourth-order valence-electron chi connectivity index (χ4n) is 2.33. The number of aromatic nitrogens is 1. The minimum Gasteiger partial charge on any atom is -0.392 e. The van der Waals surface area contributed by atoms with Crippen molar-refractivity contribution in [3.63, 3.8) is 0 Å². The summed E-state index contributed by atoms with van der Waals surface area (Å²) in [4.78, 5) is 6.75. The smallest absolute Gasteiger partial charge is 0.134 e. The molecule has 1 N–H and O–H groups in total. The molecule has 17 heavy (non-hydrogen) atoms. The first-order valence-electron chi connectivity index (χ1n) is 6.12. The third-order valence-electron chi connectivity index (χ3n) is 3.71. The molecule has 3 nitrogen and oxygen atoms in total. The molecule has 0 aromatic carbocycles. The lowest BCUT2D eigenvalue weighted by atomic mass is 9.88. The topological polar surface area (TPSA) is 36.4 Å². The largest absolute Gasteiger partial charge is 0.392 e. The minimum absolute atomic E-state index is 0.0439. The number of halogens is 1. The summed E-state index contributed by atoms with van der Waals surface area (Å²) in [5.41, 5.74) is 0.904. The van der Waals surface area contributed by atoms with Crippen LogP contribution in [-0.2, 0) is 6.61 Å². The van der Waals surface area contributed by atoms with Gasteiger partial charge in [-0.15, -0.1) is 0 Å². The van der Waals surface area contributed by atoms with Gasteiger partial charge in [-0.3, -0.25) is 0 Å². The van der Waals surface area contributed by atoms with E-state index in [4.69, 9.17) is 0 Å². The fraction of sp³-hybridized carbons (Fsp3) is 0.615. The monoisotopic (exact) mass is 298 g/mol. The Morgan fingerprint density at radius 1 is 1.47 bits per heavy atom. The average Bonchev–Trinajstić information content (AvgIpc) is 2.32. The highest BCUT2D eigenvalue weighted by Gasteiger charge is 2.24. The van der Waals surface area contributed by atoms with Crippen molar-refractivity contribution in [2.45, 2.75) is 26.9 Å². The highest BCUT2D eigenvalue weighted by Crippen LogP contribution is 2.29. The molecule has 0 aliphatic carbocycles. The van der Waals surface area contributed by atoms with Crippen LogP contribution in [0.2, 0.25) is 0 Å². The number of anilines is 1. The molecule has 1 aromatic rings. The Kier molecular flexibility index (Phi) is 4.05. The average molecular weight is 299 g/mol. The number of pyridine rings is 1. The van der Waals surface area contributed by atoms with Crippen molar-refractivity contribution in [1.82, 2.24) is 4.98 Å². The zero-order chi connectivity index (χ0) is 12.4. The minimum atomic E-state index is 0.0439. The Bertz CT molecular complexity index is 397. The summed E-state index contributed by atoms with van der Waals surface area (Å²) >= 11 is 3.39. The van der Waals surface area contributed by atoms with Crippen LogP contribution in [0.5, 0.6) is 0 Å². The lowest BCUT2D eigenvalue weighted by Gasteiger charge is -2.36. The third kappa shape index (κ3) is 2.80. The van der Waals surface area contributed by atoms with E-state index in [-0.39, 0.29) is 6.61 Å². The highest BCUT2D eigenvalue weighted by atomic mass is 79.9. The van der Waals surface area contributed by atoms with E-state index in [9.17, 15) is 5.11 Å². The number of hydrogen-bond donors (Lipinski definition) is 1. The summed E-state index contributed by atoms with van der Waals surface area (Å²) in [5, 5.41) is 9.40. The molecule has 2 heterocycles. The van der Waals surface area contributed by atoms with Gasteiger partial charge in [-0.25, -0.2) is 4.98 Å². The molecule has 1 aliphatic heterocycles. The number of aliphatic hydroxyl groups excluding tert-OH is 1. The zero-order valence-corrected chi connectivity index (χ0v) is 11.9. The molecule has 2 atom stereocenters. The predicted octanol–water partition coefficient (Wildman–Crippen LogP) is 2.82. The van der Waals surface area contributed by atoms with Crippen LogP contribution in [0.25, 0.3) is 0 Å². The molecular weight excluding hydrogens is 280 g/mol. The molecule has 0 spiro atoms. The quantitative estimate of drug-likeness (QED) is 0.912. The molecule has 94 valence electrons. The maximum absolute atomic E-state index is 9.40. The Hall–Kier alpha value is -0.610. The molecule has 0 saturated carbocycles. The van der Waals surface area contributed by atoms with Gasteiger partial charge in [0.25, 0.3) is 0 Å². The lowest BCUT2D eigenvalue weighted by molar-refractivity contribution is 0.279. The number of hydrogen-bond acceptors (Lipinski definition) is 3. The standard InChI is InChI=1S/C13H19BrN2O/c1-9-3-4-16(7-10(9)2)13-11(8-17)5-12(14)6-15-13/h5-6,9-10,17H,3-4,7-8H2,1-2H3. The van der Waals surface area contributed by atoms with Crippen molar-refractivity contribution in [3.05, 3.63) is 22.3 Å². The van der Waals surface area contributed by atoms with E-state index in [0.717, 1.165) is 34.9 Å². The van der Waals surface area contributed by atoms with Gasteiger partial charge in [0, 0.05) is 29.3 Å². The van der Waals surface area contributed by atoms with Crippen LogP contribution in [0.4, 0.5) is 5.82 Å². The second-order valence-electron chi connectivity index (χ2n) is 4.98. The maximum Gasteiger partial charge on any atom is 0.134 e. The van der Waals surface area contributed by atoms with Crippen LogP contribution in [0.15, 0.2) is 16.7 Å². The first kappa shape index (κ1) is 12.8. The summed E-state index contributed by atoms with van der Waals surface area (Å²) in [7, 11) is 0. The molecule has 0 radical (unpaired) electrons. The van der Waals surface area contributed by atoms with Gasteiger partial charge in [0.2, 0.25) is 0 Å². The molecule has 4 heteroatoms. The van der Waals surface area contributed by atoms with E-state index < -0.39 is 0 Å². The van der Waals surface area contributed by atoms with Crippen molar-refractivity contribution < 1.29 is 5.11 Å². The lowest BCUT2D eigenvalue weighted by Crippen LogP contribution is -2.39. The van der Waals surface area contributed by atoms with E-state index in [0.29, 0.717) is 5.92 Å². The zero-order valence-electron chi connectivity index (χ0n) is 10.4. The van der Waals surface area contributed by atoms with E-state index in [1.807, 2.05) is 6.07 Å². The van der Waals surface area contributed by atoms with E-state index >= 15 is 0 Å². The van der Waals surface area contributed by atoms with Gasteiger partial charge in [0.05, 0.1) is 6.61 Å². The molecule has 1 aliphatic rings. The molecule has 2 unspecified atom stereocenters. The maximum atomic E-state index is 9.40. The predicted molar refractivity (Wildman–Crippen MR) is 73.0 cm³/mol. The fourth-order valence-corrected chi connectivity index (χ4v) is 2.71. The van der Waals surface area contributed by atoms with E-state index in [1.54, 1.807) is 6.20 Å². The van der Waals surface area contributed by atoms with Crippen LogP contribution < -0.4 is 4.90 Å². The third-order valence-corrected chi connectivity index (χ3v) is 4.15. The summed E-state index contributed by atoms with van der Waals surface area (Å²) in [6.45, 7) is 6.70. The molecule has 1 aromatic heterocycles. The SMILES string of the molecule is CC1CCN(c2ncc(Br)cc2CO)CC1C. The summed E-state index contributed by atoms with van der Waals surface area (Å²) in [6, 6.07) is 1.95. The Morgan fingerprint density at radius 2 is 2.24 bits per heavy atom. The number of nitrogens with zero attached hydrogens (tertiary/aromatic N) is 2. The first-order chi connectivity index (χ1) is 8.11. The van der Waals surface area contributed by atoms with Crippen molar-refractivity contribution >= 4 is 21.7 Å². The number of aliphatic hydroxyl groups is 1. The second kappa shape index (κ2) is 5.36. The van der Waals surface area contributed by atoms with Gasteiger partial charge in [0.15, 0.2) is 0 Å². The van der Waals surface area contributed by atoms with Gasteiger partial charge in [0.1, 0.15) is 5.82 Å². The van der Waals surface area contributed by atoms with Crippen molar-refractivity contribution in [2.75, 3.05) is 18.0 Å². The van der Waals surface area contributed by atoms with Gasteiger partial charge in [-0.05, 0) is 40.3 Å². The molecular formula is C13H19BrN2O. The van der Waals surface area contributed by atoms with Crippen molar-refractivity contribution in [2.24, 2.45) is 11.8 Å². The highest BCUT2D eigenvalue weighted by molar-refractivity contribution is 9.10. The number of piperidine rings is 1. The summed E-state index contributed by atoms with van der Waals surface area (Å²) in [5.74, 6) is 2.40. The summed E-state index contributed by atoms with van der Waals surface area (Å²) < 4.78 is 0.920. The molecule has 0 amide bonds. The second-order valence-corrected chi connectivity index (χ2v) is 5.90. The molecule has 2 rings (SSSR count). The number of rotatable bonds is 2.